The van der Waals surface area contributed by atoms with Crippen LogP contribution in [0.25, 0.3) is 16.8 Å². The monoisotopic (exact) mass is 650 g/mol. The number of hydrogen-bond acceptors (Lipinski definition) is 6. The largest absolute Gasteiger partial charge is 0.426 e. The van der Waals surface area contributed by atoms with Gasteiger partial charge in [0.15, 0.2) is 5.82 Å². The number of nitrogens with one attached hydrogen (secondary N) is 1. The minimum atomic E-state index is -6.28. The van der Waals surface area contributed by atoms with Gasteiger partial charge in [-0.25, -0.2) is 13.9 Å². The number of benzene rings is 1. The van der Waals surface area contributed by atoms with Crippen molar-refractivity contribution >= 4 is 34.7 Å². The quantitative estimate of drug-likeness (QED) is 0.356. The van der Waals surface area contributed by atoms with Gasteiger partial charge in [-0.2, -0.15) is 44.6 Å². The van der Waals surface area contributed by atoms with Crippen LogP contribution in [0.1, 0.15) is 22.3 Å². The van der Waals surface area contributed by atoms with Crippen LogP contribution in [0, 0.1) is 0 Å². The predicted octanol–water partition coefficient (Wildman–Crippen LogP) is 4.18. The molecule has 43 heavy (non-hydrogen) atoms. The van der Waals surface area contributed by atoms with E-state index in [1.807, 2.05) is 0 Å². The maximum Gasteiger partial charge on any atom is 0.426 e. The molecule has 234 valence electrons. The number of likely N-dealkylation sites (tertiary alicyclic amines) is 1. The number of amides is 2. The fourth-order valence-electron chi connectivity index (χ4n) is 4.39. The lowest BCUT2D eigenvalue weighted by molar-refractivity contribution is -0.367. The fraction of sp³-hybridized carbons (Fsp3) is 0.391. The standard InChI is InChI=1S/C23H17ClF10N6O3/c24-12-2-1-9(15-4-11(21(26,27)28)17-18(35)36-8-37-40(15)17)3-10(12)19(42)38-14-7-39(6-13(14)25)16(41)5-20(43,22(29,30)31)23(32,33)34/h1-4,8,13-14,43H,5-7H2,(H,38,42)(H2,35,36,37)/t13-,14+/m0/s1. The zero-order valence-electron chi connectivity index (χ0n) is 21.0. The number of nitrogen functional groups attached to an aromatic ring is 1. The molecule has 2 atom stereocenters. The second kappa shape index (κ2) is 10.7. The number of anilines is 1. The Hall–Kier alpha value is -3.87. The van der Waals surface area contributed by atoms with Crippen LogP contribution >= 0.6 is 11.6 Å². The molecular weight excluding hydrogens is 634 g/mol. The molecule has 3 heterocycles. The maximum absolute atomic E-state index is 14.7. The zero-order valence-corrected chi connectivity index (χ0v) is 21.7. The molecule has 3 aromatic rings. The molecule has 1 fully saturated rings. The first-order valence-electron chi connectivity index (χ1n) is 11.7. The first kappa shape index (κ1) is 32.1. The number of nitrogens with zero attached hydrogens (tertiary/aromatic N) is 4. The van der Waals surface area contributed by atoms with Crippen molar-refractivity contribution in [2.45, 2.75) is 42.8 Å². The molecule has 0 aliphatic carbocycles. The van der Waals surface area contributed by atoms with Gasteiger partial charge in [-0.1, -0.05) is 17.7 Å². The van der Waals surface area contributed by atoms with E-state index in [2.05, 4.69) is 15.4 Å². The average Bonchev–Trinajstić information content (AvgIpc) is 3.45. The summed E-state index contributed by atoms with van der Waals surface area (Å²) in [7, 11) is 0. The predicted molar refractivity (Wildman–Crippen MR) is 127 cm³/mol. The highest BCUT2D eigenvalue weighted by Gasteiger charge is 2.71. The number of aliphatic hydroxyl groups is 1. The van der Waals surface area contributed by atoms with E-state index in [0.29, 0.717) is 6.07 Å². The summed E-state index contributed by atoms with van der Waals surface area (Å²) in [4.78, 5) is 29.0. The molecule has 1 aliphatic rings. The van der Waals surface area contributed by atoms with E-state index < -0.39 is 90.1 Å². The Bertz CT molecular complexity index is 1560. The van der Waals surface area contributed by atoms with Gasteiger partial charge < -0.3 is 21.1 Å². The number of halogens is 11. The van der Waals surface area contributed by atoms with Crippen molar-refractivity contribution in [2.75, 3.05) is 18.8 Å². The third-order valence-corrected chi connectivity index (χ3v) is 6.99. The molecule has 1 saturated heterocycles. The van der Waals surface area contributed by atoms with Crippen molar-refractivity contribution in [2.24, 2.45) is 0 Å². The SMILES string of the molecule is Nc1ncnn2c(-c3ccc(Cl)c(C(=O)N[C@@H]4CN(C(=O)CC(O)(C(F)(F)F)C(F)(F)F)C[C@@H]4F)c3)cc(C(F)(F)F)c12. The second-order valence-corrected chi connectivity index (χ2v) is 9.88. The summed E-state index contributed by atoms with van der Waals surface area (Å²) in [6.45, 7) is -1.88. The summed E-state index contributed by atoms with van der Waals surface area (Å²) in [6.07, 6.45) is -21.2. The minimum absolute atomic E-state index is 0.0447. The summed E-state index contributed by atoms with van der Waals surface area (Å²) in [5.74, 6) is -3.53. The Balaban J connectivity index is 1.57. The van der Waals surface area contributed by atoms with E-state index in [9.17, 15) is 58.6 Å². The van der Waals surface area contributed by atoms with Crippen LogP contribution in [-0.2, 0) is 11.0 Å². The van der Waals surface area contributed by atoms with Crippen molar-refractivity contribution in [3.05, 3.63) is 46.7 Å². The van der Waals surface area contributed by atoms with Gasteiger partial charge in [0.1, 0.15) is 18.0 Å². The van der Waals surface area contributed by atoms with Crippen molar-refractivity contribution < 1.29 is 58.6 Å². The van der Waals surface area contributed by atoms with Gasteiger partial charge in [-0.15, -0.1) is 0 Å². The summed E-state index contributed by atoms with van der Waals surface area (Å²) < 4.78 is 134. The highest BCUT2D eigenvalue weighted by Crippen LogP contribution is 2.45. The van der Waals surface area contributed by atoms with E-state index in [4.69, 9.17) is 17.3 Å². The van der Waals surface area contributed by atoms with Gasteiger partial charge in [0.05, 0.1) is 40.9 Å². The number of hydrogen-bond donors (Lipinski definition) is 3. The van der Waals surface area contributed by atoms with Crippen molar-refractivity contribution in [3.8, 4) is 11.3 Å². The van der Waals surface area contributed by atoms with Crippen molar-refractivity contribution in [1.29, 1.82) is 0 Å². The van der Waals surface area contributed by atoms with Crippen molar-refractivity contribution in [1.82, 2.24) is 24.8 Å². The van der Waals surface area contributed by atoms with Crippen LogP contribution in [-0.4, -0.2) is 79.7 Å². The molecule has 2 amide bonds. The molecule has 1 aliphatic heterocycles. The lowest BCUT2D eigenvalue weighted by atomic mass is 9.97. The summed E-state index contributed by atoms with van der Waals surface area (Å²) in [5, 5.41) is 14.9. The van der Waals surface area contributed by atoms with Gasteiger partial charge in [-0.05, 0) is 18.2 Å². The van der Waals surface area contributed by atoms with Crippen LogP contribution < -0.4 is 11.1 Å². The number of alkyl halides is 10. The molecule has 1 aromatic carbocycles. The number of fused-ring (bicyclic) bond motifs is 1. The fourth-order valence-corrected chi connectivity index (χ4v) is 4.59. The number of aromatic nitrogens is 3. The van der Waals surface area contributed by atoms with Gasteiger partial charge >= 0.3 is 18.5 Å². The third kappa shape index (κ3) is 5.86. The average molecular weight is 651 g/mol. The normalized spacial score (nSPS) is 18.4. The van der Waals surface area contributed by atoms with Gasteiger partial charge in [-0.3, -0.25) is 9.59 Å². The first-order valence-corrected chi connectivity index (χ1v) is 12.1. The Morgan fingerprint density at radius 3 is 2.26 bits per heavy atom. The summed E-state index contributed by atoms with van der Waals surface area (Å²) in [5.41, 5.74) is -2.22. The van der Waals surface area contributed by atoms with Gasteiger partial charge in [0, 0.05) is 12.1 Å². The molecule has 9 nitrogen and oxygen atoms in total. The molecule has 0 unspecified atom stereocenters. The smallest absolute Gasteiger partial charge is 0.382 e. The molecule has 0 bridgehead atoms. The highest BCUT2D eigenvalue weighted by molar-refractivity contribution is 6.34. The number of carbonyl (C=O) groups is 2. The van der Waals surface area contributed by atoms with Gasteiger partial charge in [0.2, 0.25) is 5.91 Å². The lowest BCUT2D eigenvalue weighted by Crippen LogP contribution is -2.59. The molecule has 2 aromatic heterocycles. The van der Waals surface area contributed by atoms with Crippen LogP contribution in [0.2, 0.25) is 5.02 Å². The van der Waals surface area contributed by atoms with Crippen LogP contribution in [0.15, 0.2) is 30.6 Å². The molecule has 0 spiro atoms. The Labute approximate surface area is 238 Å². The minimum Gasteiger partial charge on any atom is -0.382 e. The molecule has 20 heteroatoms. The van der Waals surface area contributed by atoms with E-state index in [1.54, 1.807) is 0 Å². The molecular formula is C23H17ClF10N6O3. The molecule has 0 radical (unpaired) electrons. The number of nitrogens with two attached hydrogens (primary N) is 1. The zero-order chi connectivity index (χ0) is 32.3. The van der Waals surface area contributed by atoms with Gasteiger partial charge in [0.25, 0.3) is 11.5 Å². The molecule has 4 N–H and O–H groups in total. The summed E-state index contributed by atoms with van der Waals surface area (Å²) >= 11 is 6.07. The van der Waals surface area contributed by atoms with Crippen LogP contribution in [0.3, 0.4) is 0 Å². The second-order valence-electron chi connectivity index (χ2n) is 9.47. The lowest BCUT2D eigenvalue weighted by Gasteiger charge is -2.32. The Morgan fingerprint density at radius 1 is 1.05 bits per heavy atom. The highest BCUT2D eigenvalue weighted by atomic mass is 35.5. The maximum atomic E-state index is 14.7. The van der Waals surface area contributed by atoms with E-state index in [1.165, 1.54) is 6.07 Å². The van der Waals surface area contributed by atoms with Crippen LogP contribution in [0.5, 0.6) is 0 Å². The Morgan fingerprint density at radius 2 is 1.67 bits per heavy atom. The summed E-state index contributed by atoms with van der Waals surface area (Å²) in [6, 6.07) is 2.42. The van der Waals surface area contributed by atoms with Crippen LogP contribution in [0.4, 0.5) is 49.7 Å². The first-order chi connectivity index (χ1) is 19.7. The van der Waals surface area contributed by atoms with Crippen molar-refractivity contribution in [3.63, 3.8) is 0 Å². The molecule has 0 saturated carbocycles. The molecule has 4 rings (SSSR count). The third-order valence-electron chi connectivity index (χ3n) is 6.66. The topological polar surface area (TPSA) is 126 Å². The van der Waals surface area contributed by atoms with E-state index in [-0.39, 0.29) is 21.2 Å². The number of rotatable bonds is 5. The van der Waals surface area contributed by atoms with E-state index >= 15 is 0 Å². The number of carbonyl (C=O) groups excluding carboxylic acids is 2. The Kier molecular flexibility index (Phi) is 7.97. The van der Waals surface area contributed by atoms with E-state index in [0.717, 1.165) is 23.0 Å².